The Morgan fingerprint density at radius 3 is 2.14 bits per heavy atom. The summed E-state index contributed by atoms with van der Waals surface area (Å²) in [7, 11) is 0. The molecule has 0 saturated heterocycles. The van der Waals surface area contributed by atoms with Gasteiger partial charge in [-0.15, -0.1) is 0 Å². The van der Waals surface area contributed by atoms with Gasteiger partial charge in [0.15, 0.2) is 5.78 Å². The Kier molecular flexibility index (Phi) is 6.01. The van der Waals surface area contributed by atoms with Crippen molar-refractivity contribution in [3.63, 3.8) is 0 Å². The van der Waals surface area contributed by atoms with Crippen LogP contribution in [0.1, 0.15) is 22.3 Å². The molecule has 0 amide bonds. The molecule has 0 fully saturated rings. The number of carbonyl (C=O) groups is 1. The van der Waals surface area contributed by atoms with E-state index < -0.39 is 0 Å². The maximum Gasteiger partial charge on any atom is 0.185 e. The van der Waals surface area contributed by atoms with E-state index in [1.54, 1.807) is 12.3 Å². The third-order valence-corrected chi connectivity index (χ3v) is 2.88. The number of ketones is 1. The van der Waals surface area contributed by atoms with Crippen LogP contribution in [0.2, 0.25) is 0 Å². The van der Waals surface area contributed by atoms with Gasteiger partial charge in [-0.3, -0.25) is 4.79 Å². The molecule has 0 unspecified atom stereocenters. The summed E-state index contributed by atoms with van der Waals surface area (Å²) in [5, 5.41) is 0. The van der Waals surface area contributed by atoms with E-state index in [1.165, 1.54) is 0 Å². The van der Waals surface area contributed by atoms with Crippen molar-refractivity contribution in [2.45, 2.75) is 6.42 Å². The van der Waals surface area contributed by atoms with Gasteiger partial charge in [0.2, 0.25) is 0 Å². The average Bonchev–Trinajstić information content (AvgIpc) is 3.14. The van der Waals surface area contributed by atoms with Gasteiger partial charge < -0.3 is 4.74 Å². The van der Waals surface area contributed by atoms with E-state index in [0.717, 1.165) is 24.2 Å². The number of hydrogen-bond acceptors (Lipinski definition) is 2. The molecule has 2 heteroatoms. The Labute approximate surface area is 125 Å². The highest BCUT2D eigenvalue weighted by Crippen LogP contribution is 2.05. The summed E-state index contributed by atoms with van der Waals surface area (Å²) in [6.07, 6.45) is 8.28. The van der Waals surface area contributed by atoms with Gasteiger partial charge in [0.1, 0.15) is 0 Å². The molecule has 0 saturated carbocycles. The topological polar surface area (TPSA) is 26.3 Å². The van der Waals surface area contributed by atoms with Crippen LogP contribution in [0.5, 0.6) is 0 Å². The van der Waals surface area contributed by atoms with E-state index in [1.807, 2.05) is 72.8 Å². The minimum absolute atomic E-state index is 0.0319. The third kappa shape index (κ3) is 5.49. The summed E-state index contributed by atoms with van der Waals surface area (Å²) in [6.45, 7) is 0.889. The van der Waals surface area contributed by atoms with E-state index in [0.29, 0.717) is 0 Å². The molecule has 2 aromatic rings. The van der Waals surface area contributed by atoms with Gasteiger partial charge in [-0.2, -0.15) is 0 Å². The predicted octanol–water partition coefficient (Wildman–Crippen LogP) is 4.50. The zero-order valence-electron chi connectivity index (χ0n) is 11.8. The monoisotopic (exact) mass is 278 g/mol. The zero-order valence-corrected chi connectivity index (χ0v) is 11.8. The summed E-state index contributed by atoms with van der Waals surface area (Å²) in [5.41, 5.74) is 1.75. The van der Waals surface area contributed by atoms with Crippen molar-refractivity contribution in [2.75, 3.05) is 6.61 Å². The van der Waals surface area contributed by atoms with Crippen LogP contribution in [0.25, 0.3) is 6.08 Å². The summed E-state index contributed by atoms with van der Waals surface area (Å²) in [5.74, 6) is 0.0319. The zero-order chi connectivity index (χ0) is 14.8. The predicted molar refractivity (Wildman–Crippen MR) is 86.0 cm³/mol. The minimum Gasteiger partial charge on any atom is -0.501 e. The van der Waals surface area contributed by atoms with Gasteiger partial charge in [0.25, 0.3) is 0 Å². The molecule has 2 aromatic carbocycles. The highest BCUT2D eigenvalue weighted by atomic mass is 16.5. The van der Waals surface area contributed by atoms with Gasteiger partial charge >= 0.3 is 0 Å². The summed E-state index contributed by atoms with van der Waals surface area (Å²) in [6, 6.07) is 19.1. The van der Waals surface area contributed by atoms with Crippen LogP contribution in [0.15, 0.2) is 79.1 Å². The van der Waals surface area contributed by atoms with Crippen LogP contribution in [0.3, 0.4) is 0 Å². The lowest BCUT2D eigenvalue weighted by atomic mass is 10.1. The molecule has 0 aliphatic carbocycles. The Hall–Kier alpha value is -2.61. The van der Waals surface area contributed by atoms with Crippen LogP contribution in [-0.4, -0.2) is 12.4 Å². The van der Waals surface area contributed by atoms with Gasteiger partial charge in [-0.1, -0.05) is 66.7 Å². The summed E-state index contributed by atoms with van der Waals surface area (Å²) < 4.78 is 4.76. The van der Waals surface area contributed by atoms with Crippen molar-refractivity contribution in [1.29, 1.82) is 0 Å². The lowest BCUT2D eigenvalue weighted by Gasteiger charge is -1.94. The molecule has 0 N–H and O–H groups in total. The van der Waals surface area contributed by atoms with Crippen molar-refractivity contribution in [1.82, 2.24) is 0 Å². The Morgan fingerprint density at radius 2 is 1.62 bits per heavy atom. The van der Waals surface area contributed by atoms with Crippen LogP contribution in [0.4, 0.5) is 0 Å². The molecular formula is C19H18O2. The molecule has 0 atom stereocenters. The molecule has 0 spiro atoms. The summed E-state index contributed by atoms with van der Waals surface area (Å²) >= 11 is 0. The molecule has 0 bridgehead atoms. The standard InChI is InChI=1S/C15H12O.C4H6O/c16-15(14-9-5-2-6-10-14)12-11-13-7-3-1-4-8-13;1-2-4-5-3-1/h1-12H;1,3H,2,4H2. The lowest BCUT2D eigenvalue weighted by Crippen LogP contribution is -1.92. The first-order valence-corrected chi connectivity index (χ1v) is 6.95. The van der Waals surface area contributed by atoms with E-state index >= 15 is 0 Å². The Bertz CT molecular complexity index is 592. The van der Waals surface area contributed by atoms with Gasteiger partial charge in [-0.25, -0.2) is 0 Å². The molecule has 2 nitrogen and oxygen atoms in total. The van der Waals surface area contributed by atoms with Crippen LogP contribution < -0.4 is 0 Å². The second kappa shape index (κ2) is 8.54. The lowest BCUT2D eigenvalue weighted by molar-refractivity contribution is 0.104. The first-order valence-electron chi connectivity index (χ1n) is 6.95. The maximum atomic E-state index is 11.7. The number of rotatable bonds is 3. The van der Waals surface area contributed by atoms with E-state index in [9.17, 15) is 4.79 Å². The van der Waals surface area contributed by atoms with E-state index in [4.69, 9.17) is 4.74 Å². The smallest absolute Gasteiger partial charge is 0.185 e. The van der Waals surface area contributed by atoms with Crippen molar-refractivity contribution in [2.24, 2.45) is 0 Å². The van der Waals surface area contributed by atoms with Crippen molar-refractivity contribution < 1.29 is 9.53 Å². The van der Waals surface area contributed by atoms with Gasteiger partial charge in [0, 0.05) is 12.0 Å². The SMILES string of the molecule is C1=COCC1.O=C(C=Cc1ccccc1)c1ccccc1. The van der Waals surface area contributed by atoms with Crippen molar-refractivity contribution >= 4 is 11.9 Å². The fourth-order valence-electron chi connectivity index (χ4n) is 1.77. The molecule has 1 aliphatic rings. The molecule has 3 rings (SSSR count). The number of benzene rings is 2. The molecule has 0 aromatic heterocycles. The third-order valence-electron chi connectivity index (χ3n) is 2.88. The number of carbonyl (C=O) groups excluding carboxylic acids is 1. The molecule has 0 radical (unpaired) electrons. The second-order valence-electron chi connectivity index (χ2n) is 4.51. The Balaban J connectivity index is 0.000000272. The Morgan fingerprint density at radius 1 is 0.952 bits per heavy atom. The van der Waals surface area contributed by atoms with E-state index in [2.05, 4.69) is 0 Å². The van der Waals surface area contributed by atoms with Crippen molar-refractivity contribution in [3.05, 3.63) is 90.2 Å². The van der Waals surface area contributed by atoms with Gasteiger partial charge in [-0.05, 0) is 17.7 Å². The molecule has 1 heterocycles. The summed E-state index contributed by atoms with van der Waals surface area (Å²) in [4.78, 5) is 11.7. The largest absolute Gasteiger partial charge is 0.501 e. The molecular weight excluding hydrogens is 260 g/mol. The highest BCUT2D eigenvalue weighted by Gasteiger charge is 1.98. The van der Waals surface area contributed by atoms with Crippen LogP contribution in [0, 0.1) is 0 Å². The first-order chi connectivity index (χ1) is 10.4. The molecule has 106 valence electrons. The highest BCUT2D eigenvalue weighted by molar-refractivity contribution is 6.06. The first kappa shape index (κ1) is 14.8. The fraction of sp³-hybridized carbons (Fsp3) is 0.105. The van der Waals surface area contributed by atoms with Gasteiger partial charge in [0.05, 0.1) is 12.9 Å². The van der Waals surface area contributed by atoms with E-state index in [-0.39, 0.29) is 5.78 Å². The number of allylic oxidation sites excluding steroid dienone is 1. The van der Waals surface area contributed by atoms with Crippen LogP contribution >= 0.6 is 0 Å². The molecule has 1 aliphatic heterocycles. The van der Waals surface area contributed by atoms with Crippen LogP contribution in [-0.2, 0) is 4.74 Å². The minimum atomic E-state index is 0.0319. The normalized spacial score (nSPS) is 12.6. The van der Waals surface area contributed by atoms with Crippen molar-refractivity contribution in [3.8, 4) is 0 Å². The second-order valence-corrected chi connectivity index (χ2v) is 4.51. The average molecular weight is 278 g/mol. The maximum absolute atomic E-state index is 11.7. The molecule has 21 heavy (non-hydrogen) atoms. The number of ether oxygens (including phenoxy) is 1. The number of hydrogen-bond donors (Lipinski definition) is 0. The fourth-order valence-corrected chi connectivity index (χ4v) is 1.77. The quantitative estimate of drug-likeness (QED) is 0.610.